The highest BCUT2D eigenvalue weighted by Gasteiger charge is 2.35. The third kappa shape index (κ3) is 4.83. The third-order valence-corrected chi connectivity index (χ3v) is 7.43. The van der Waals surface area contributed by atoms with Crippen LogP contribution in [0.1, 0.15) is 68.3 Å². The first kappa shape index (κ1) is 24.0. The number of piperidine rings is 1. The molecule has 1 saturated heterocycles. The van der Waals surface area contributed by atoms with E-state index in [4.69, 9.17) is 15.6 Å². The summed E-state index contributed by atoms with van der Waals surface area (Å²) in [5, 5.41) is 8.29. The normalized spacial score (nSPS) is 19.9. The van der Waals surface area contributed by atoms with Crippen molar-refractivity contribution in [3.05, 3.63) is 41.7 Å². The van der Waals surface area contributed by atoms with Crippen LogP contribution in [-0.2, 0) is 4.79 Å². The fraction of sp³-hybridized carbons (Fsp3) is 0.464. The molecule has 2 amide bonds. The number of carbonyl (C=O) groups is 2. The summed E-state index contributed by atoms with van der Waals surface area (Å²) in [4.78, 5) is 26.5. The van der Waals surface area contributed by atoms with Gasteiger partial charge in [0.05, 0.1) is 6.04 Å². The van der Waals surface area contributed by atoms with E-state index in [1.54, 1.807) is 6.92 Å². The van der Waals surface area contributed by atoms with Crippen molar-refractivity contribution >= 4 is 17.6 Å². The molecule has 36 heavy (non-hydrogen) atoms. The molecule has 1 aliphatic carbocycles. The number of nitrogens with two attached hydrogens (primary N) is 1. The highest BCUT2D eigenvalue weighted by Crippen LogP contribution is 2.40. The number of likely N-dealkylation sites (tertiary alicyclic amines) is 1. The molecule has 0 saturated carbocycles. The van der Waals surface area contributed by atoms with Crippen LogP contribution in [0.2, 0.25) is 0 Å². The van der Waals surface area contributed by atoms with E-state index >= 15 is 0 Å². The van der Waals surface area contributed by atoms with Crippen molar-refractivity contribution in [2.24, 2.45) is 11.7 Å². The van der Waals surface area contributed by atoms with Gasteiger partial charge in [0.25, 0.3) is 11.8 Å². The average molecular weight is 488 g/mol. The van der Waals surface area contributed by atoms with Gasteiger partial charge in [0.1, 0.15) is 28.6 Å². The van der Waals surface area contributed by atoms with Gasteiger partial charge in [-0.1, -0.05) is 5.92 Å². The van der Waals surface area contributed by atoms with Gasteiger partial charge in [-0.25, -0.2) is 4.68 Å². The van der Waals surface area contributed by atoms with E-state index in [2.05, 4.69) is 23.2 Å². The van der Waals surface area contributed by atoms with Crippen LogP contribution >= 0.6 is 0 Å². The molecule has 3 N–H and O–H groups in total. The second kappa shape index (κ2) is 10.5. The van der Waals surface area contributed by atoms with Crippen molar-refractivity contribution in [1.82, 2.24) is 14.7 Å². The number of carbonyl (C=O) groups excluding carboxylic acids is 2. The van der Waals surface area contributed by atoms with Crippen molar-refractivity contribution in [1.29, 1.82) is 0 Å². The molecule has 1 aromatic carbocycles. The minimum atomic E-state index is -0.495. The first-order valence-corrected chi connectivity index (χ1v) is 12.9. The molecule has 1 atom stereocenters. The average Bonchev–Trinajstić information content (AvgIpc) is 3.30. The molecule has 0 bridgehead atoms. The maximum atomic E-state index is 12.6. The molecular formula is C28H33N5O3. The summed E-state index contributed by atoms with van der Waals surface area (Å²) >= 11 is 0. The Kier molecular flexibility index (Phi) is 6.99. The fourth-order valence-electron chi connectivity index (χ4n) is 5.58. The predicted molar refractivity (Wildman–Crippen MR) is 138 cm³/mol. The zero-order valence-electron chi connectivity index (χ0n) is 20.8. The van der Waals surface area contributed by atoms with Crippen LogP contribution in [0.15, 0.2) is 36.1 Å². The van der Waals surface area contributed by atoms with E-state index in [0.29, 0.717) is 36.1 Å². The smallest absolute Gasteiger partial charge is 0.298 e. The number of benzene rings is 1. The number of aromatic nitrogens is 2. The zero-order valence-corrected chi connectivity index (χ0v) is 20.8. The Morgan fingerprint density at radius 2 is 1.92 bits per heavy atom. The monoisotopic (exact) mass is 487 g/mol. The first-order valence-electron chi connectivity index (χ1n) is 12.9. The number of allylic oxidation sites excluding steroid dienone is 2. The van der Waals surface area contributed by atoms with Gasteiger partial charge in [0, 0.05) is 31.6 Å². The van der Waals surface area contributed by atoms with Crippen molar-refractivity contribution in [2.45, 2.75) is 57.9 Å². The number of fused-ring (bicyclic) bond motifs is 1. The summed E-state index contributed by atoms with van der Waals surface area (Å²) in [5.74, 6) is 7.58. The van der Waals surface area contributed by atoms with Gasteiger partial charge in [0.15, 0.2) is 0 Å². The molecule has 5 rings (SSSR count). The van der Waals surface area contributed by atoms with Crippen LogP contribution in [0.3, 0.4) is 0 Å². The lowest BCUT2D eigenvalue weighted by Gasteiger charge is -2.37. The van der Waals surface area contributed by atoms with E-state index in [0.717, 1.165) is 62.1 Å². The Morgan fingerprint density at radius 3 is 2.58 bits per heavy atom. The Hall–Kier alpha value is -3.73. The largest absolute Gasteiger partial charge is 0.462 e. The second-order valence-electron chi connectivity index (χ2n) is 9.71. The summed E-state index contributed by atoms with van der Waals surface area (Å²) in [7, 11) is 0. The van der Waals surface area contributed by atoms with Crippen LogP contribution in [0.5, 0.6) is 5.75 Å². The van der Waals surface area contributed by atoms with Crippen molar-refractivity contribution in [2.75, 3.05) is 25.0 Å². The molecule has 3 heterocycles. The molecular weight excluding hydrogens is 454 g/mol. The molecule has 2 aromatic rings. The number of hydrogen-bond acceptors (Lipinski definition) is 5. The van der Waals surface area contributed by atoms with E-state index in [9.17, 15) is 9.59 Å². The number of amides is 2. The molecule has 1 aromatic heterocycles. The molecule has 0 radical (unpaired) electrons. The molecule has 1 fully saturated rings. The number of nitrogens with zero attached hydrogens (tertiary/aromatic N) is 3. The van der Waals surface area contributed by atoms with Gasteiger partial charge in [-0.3, -0.25) is 9.59 Å². The predicted octanol–water partition coefficient (Wildman–Crippen LogP) is 4.10. The number of rotatable bonds is 5. The van der Waals surface area contributed by atoms with Gasteiger partial charge in [-0.2, -0.15) is 5.10 Å². The summed E-state index contributed by atoms with van der Waals surface area (Å²) < 4.78 is 8.00. The summed E-state index contributed by atoms with van der Waals surface area (Å²) in [6, 6.07) is 7.86. The zero-order chi connectivity index (χ0) is 25.1. The molecule has 8 nitrogen and oxygen atoms in total. The molecule has 3 aliphatic rings. The maximum Gasteiger partial charge on any atom is 0.298 e. The molecule has 0 unspecified atom stereocenters. The topological polar surface area (TPSA) is 102 Å². The van der Waals surface area contributed by atoms with Gasteiger partial charge in [0.2, 0.25) is 0 Å². The van der Waals surface area contributed by atoms with Crippen LogP contribution in [-0.4, -0.2) is 46.1 Å². The lowest BCUT2D eigenvalue weighted by Crippen LogP contribution is -2.41. The number of ether oxygens (including phenoxy) is 1. The Balaban J connectivity index is 1.38. The number of anilines is 1. The standard InChI is InChI=1S/C28H33N5O3/c1-2-6-24(34)32-17-14-19(15-18-32)23-13-16-30-28-25(27(29)35)26(31-33(23)28)20-9-11-22(12-10-20)36-21-7-4-3-5-8-21/h7,9-12,19,23,30H,3-5,8,13-18H2,1H3,(H2,29,35)/t23-/m0/s1. The lowest BCUT2D eigenvalue weighted by atomic mass is 9.87. The van der Waals surface area contributed by atoms with Gasteiger partial charge < -0.3 is 20.7 Å². The number of primary amides is 1. The first-order chi connectivity index (χ1) is 17.5. The Labute approximate surface area is 211 Å². The van der Waals surface area contributed by atoms with E-state index in [1.807, 2.05) is 33.8 Å². The fourth-order valence-corrected chi connectivity index (χ4v) is 5.58. The number of hydrogen-bond donors (Lipinski definition) is 2. The summed E-state index contributed by atoms with van der Waals surface area (Å²) in [5.41, 5.74) is 7.70. The van der Waals surface area contributed by atoms with Gasteiger partial charge >= 0.3 is 0 Å². The Morgan fingerprint density at radius 1 is 1.14 bits per heavy atom. The van der Waals surface area contributed by atoms with Crippen molar-refractivity contribution in [3.8, 4) is 28.8 Å². The van der Waals surface area contributed by atoms with Gasteiger partial charge in [-0.15, -0.1) is 0 Å². The van der Waals surface area contributed by atoms with E-state index in [1.165, 1.54) is 6.42 Å². The summed E-state index contributed by atoms with van der Waals surface area (Å²) in [6.07, 6.45) is 9.22. The minimum absolute atomic E-state index is 0.105. The van der Waals surface area contributed by atoms with Crippen molar-refractivity contribution in [3.63, 3.8) is 0 Å². The molecule has 188 valence electrons. The van der Waals surface area contributed by atoms with Crippen LogP contribution in [0, 0.1) is 17.8 Å². The summed E-state index contributed by atoms with van der Waals surface area (Å²) in [6.45, 7) is 3.80. The molecule has 8 heteroatoms. The quantitative estimate of drug-likeness (QED) is 0.618. The van der Waals surface area contributed by atoms with Crippen LogP contribution in [0.4, 0.5) is 5.82 Å². The number of nitrogens with one attached hydrogen (secondary N) is 1. The van der Waals surface area contributed by atoms with Crippen LogP contribution < -0.4 is 15.8 Å². The van der Waals surface area contributed by atoms with Crippen LogP contribution in [0.25, 0.3) is 11.3 Å². The van der Waals surface area contributed by atoms with E-state index < -0.39 is 5.91 Å². The highest BCUT2D eigenvalue weighted by molar-refractivity contribution is 6.03. The Bertz CT molecular complexity index is 1230. The lowest BCUT2D eigenvalue weighted by molar-refractivity contribution is -0.126. The van der Waals surface area contributed by atoms with Gasteiger partial charge in [-0.05, 0) is 87.6 Å². The minimum Gasteiger partial charge on any atom is -0.462 e. The maximum absolute atomic E-state index is 12.6. The second-order valence-corrected chi connectivity index (χ2v) is 9.71. The van der Waals surface area contributed by atoms with E-state index in [-0.39, 0.29) is 11.9 Å². The van der Waals surface area contributed by atoms with Crippen molar-refractivity contribution < 1.29 is 14.3 Å². The molecule has 0 spiro atoms. The third-order valence-electron chi connectivity index (χ3n) is 7.43. The molecule has 2 aliphatic heterocycles. The SMILES string of the molecule is CC#CC(=O)N1CCC([C@@H]2CCNc3c(C(N)=O)c(-c4ccc(OC5=CCCCC5)cc4)nn32)CC1. The highest BCUT2D eigenvalue weighted by atomic mass is 16.5.